The summed E-state index contributed by atoms with van der Waals surface area (Å²) in [5.74, 6) is 0.335. The Morgan fingerprint density at radius 1 is 1.37 bits per heavy atom. The molecule has 3 rings (SSSR count). The summed E-state index contributed by atoms with van der Waals surface area (Å²) in [6.07, 6.45) is 4.64. The molecule has 1 aromatic carbocycles. The number of primary amides is 1. The van der Waals surface area contributed by atoms with Crippen LogP contribution in [0.25, 0.3) is 0 Å². The van der Waals surface area contributed by atoms with Crippen LogP contribution in [0.3, 0.4) is 0 Å². The number of piperidine rings is 1. The summed E-state index contributed by atoms with van der Waals surface area (Å²) in [4.78, 5) is 26.6. The number of benzene rings is 1. The van der Waals surface area contributed by atoms with E-state index in [9.17, 15) is 9.59 Å². The Morgan fingerprint density at radius 2 is 2.17 bits per heavy atom. The molecule has 2 heterocycles. The predicted molar refractivity (Wildman–Crippen MR) is 115 cm³/mol. The summed E-state index contributed by atoms with van der Waals surface area (Å²) >= 11 is 6.04. The summed E-state index contributed by atoms with van der Waals surface area (Å²) in [5.41, 5.74) is 7.20. The highest BCUT2D eigenvalue weighted by molar-refractivity contribution is 6.30. The molecule has 162 valence electrons. The molecule has 0 bridgehead atoms. The fourth-order valence-electron chi connectivity index (χ4n) is 4.09. The van der Waals surface area contributed by atoms with Crippen LogP contribution in [0.2, 0.25) is 5.02 Å². The van der Waals surface area contributed by atoms with E-state index in [-0.39, 0.29) is 18.2 Å². The highest BCUT2D eigenvalue weighted by Gasteiger charge is 2.39. The van der Waals surface area contributed by atoms with Gasteiger partial charge in [0.05, 0.1) is 12.8 Å². The third-order valence-electron chi connectivity index (χ3n) is 5.85. The van der Waals surface area contributed by atoms with Gasteiger partial charge in [-0.25, -0.2) is 0 Å². The molecule has 1 unspecified atom stereocenters. The van der Waals surface area contributed by atoms with Gasteiger partial charge in [0.15, 0.2) is 0 Å². The van der Waals surface area contributed by atoms with Gasteiger partial charge in [-0.2, -0.15) is 5.10 Å². The number of aryl methyl sites for hydroxylation is 2. The van der Waals surface area contributed by atoms with Crippen LogP contribution in [0.1, 0.15) is 36.9 Å². The lowest BCUT2D eigenvalue weighted by atomic mass is 9.77. The molecule has 0 saturated carbocycles. The molecule has 1 aliphatic rings. The second-order valence-electron chi connectivity index (χ2n) is 8.19. The van der Waals surface area contributed by atoms with Crippen molar-refractivity contribution in [2.45, 2.75) is 39.0 Å². The maximum Gasteiger partial charge on any atom is 0.222 e. The Balaban J connectivity index is 1.65. The first-order valence-corrected chi connectivity index (χ1v) is 10.6. The highest BCUT2D eigenvalue weighted by Crippen LogP contribution is 2.35. The van der Waals surface area contributed by atoms with Crippen LogP contribution in [0.4, 0.5) is 0 Å². The van der Waals surface area contributed by atoms with Gasteiger partial charge in [0.2, 0.25) is 11.8 Å². The summed E-state index contributed by atoms with van der Waals surface area (Å²) < 4.78 is 7.78. The summed E-state index contributed by atoms with van der Waals surface area (Å²) in [6, 6.07) is 7.15. The van der Waals surface area contributed by atoms with Gasteiger partial charge in [-0.05, 0) is 49.9 Å². The highest BCUT2D eigenvalue weighted by atomic mass is 35.5. The normalized spacial score (nSPS) is 19.0. The molecular weight excluding hydrogens is 404 g/mol. The fourth-order valence-corrected chi connectivity index (χ4v) is 4.27. The second kappa shape index (κ2) is 9.51. The summed E-state index contributed by atoms with van der Waals surface area (Å²) in [6.45, 7) is 3.45. The zero-order valence-electron chi connectivity index (χ0n) is 17.6. The molecular formula is C22H29ClN4O3. The van der Waals surface area contributed by atoms with E-state index in [1.165, 1.54) is 0 Å². The van der Waals surface area contributed by atoms with Crippen molar-refractivity contribution >= 4 is 23.4 Å². The molecule has 1 atom stereocenters. The SMILES string of the molecule is Cc1c(CCC(=O)N2CCCC(COc3cccc(Cl)c3)(CC(N)=O)C2)cnn1C. The molecule has 2 amide bonds. The van der Waals surface area contributed by atoms with Gasteiger partial charge in [-0.15, -0.1) is 0 Å². The Labute approximate surface area is 182 Å². The van der Waals surface area contributed by atoms with Crippen LogP contribution in [0.5, 0.6) is 5.75 Å². The van der Waals surface area contributed by atoms with Crippen LogP contribution in [-0.4, -0.2) is 46.2 Å². The Kier molecular flexibility index (Phi) is 7.02. The Hall–Kier alpha value is -2.54. The van der Waals surface area contributed by atoms with Gasteiger partial charge < -0.3 is 15.4 Å². The summed E-state index contributed by atoms with van der Waals surface area (Å²) in [5, 5.41) is 4.82. The van der Waals surface area contributed by atoms with E-state index in [2.05, 4.69) is 5.10 Å². The second-order valence-corrected chi connectivity index (χ2v) is 8.62. The maximum absolute atomic E-state index is 12.9. The Morgan fingerprint density at radius 3 is 2.83 bits per heavy atom. The molecule has 2 N–H and O–H groups in total. The number of nitrogens with two attached hydrogens (primary N) is 1. The third kappa shape index (κ3) is 5.53. The predicted octanol–water partition coefficient (Wildman–Crippen LogP) is 2.88. The van der Waals surface area contributed by atoms with E-state index < -0.39 is 5.41 Å². The molecule has 1 aromatic heterocycles. The van der Waals surface area contributed by atoms with E-state index in [1.54, 1.807) is 12.1 Å². The van der Waals surface area contributed by atoms with Crippen LogP contribution < -0.4 is 10.5 Å². The van der Waals surface area contributed by atoms with Crippen LogP contribution in [0, 0.1) is 12.3 Å². The van der Waals surface area contributed by atoms with Crippen molar-refractivity contribution in [1.82, 2.24) is 14.7 Å². The van der Waals surface area contributed by atoms with Gasteiger partial charge >= 0.3 is 0 Å². The van der Waals surface area contributed by atoms with Crippen molar-refractivity contribution in [2.24, 2.45) is 18.2 Å². The molecule has 1 aliphatic heterocycles. The van der Waals surface area contributed by atoms with Crippen molar-refractivity contribution in [1.29, 1.82) is 0 Å². The van der Waals surface area contributed by atoms with Gasteiger partial charge in [-0.1, -0.05) is 17.7 Å². The fraction of sp³-hybridized carbons (Fsp3) is 0.500. The number of hydrogen-bond acceptors (Lipinski definition) is 4. The van der Waals surface area contributed by atoms with Gasteiger partial charge in [0.25, 0.3) is 0 Å². The molecule has 1 saturated heterocycles. The number of rotatable bonds is 8. The Bertz CT molecular complexity index is 914. The number of likely N-dealkylation sites (tertiary alicyclic amines) is 1. The minimum Gasteiger partial charge on any atom is -0.493 e. The lowest BCUT2D eigenvalue weighted by Crippen LogP contribution is -2.50. The van der Waals surface area contributed by atoms with Gasteiger partial charge in [-0.3, -0.25) is 14.3 Å². The van der Waals surface area contributed by atoms with E-state index in [4.69, 9.17) is 22.1 Å². The molecule has 0 radical (unpaired) electrons. The summed E-state index contributed by atoms with van der Waals surface area (Å²) in [7, 11) is 1.89. The monoisotopic (exact) mass is 432 g/mol. The minimum atomic E-state index is -0.494. The van der Waals surface area contributed by atoms with E-state index in [0.29, 0.717) is 43.3 Å². The number of carbonyl (C=O) groups excluding carboxylic acids is 2. The molecule has 0 aliphatic carbocycles. The first kappa shape index (κ1) is 22.2. The first-order valence-electron chi connectivity index (χ1n) is 10.2. The number of nitrogens with zero attached hydrogens (tertiary/aromatic N) is 3. The molecule has 7 nitrogen and oxygen atoms in total. The molecule has 1 fully saturated rings. The topological polar surface area (TPSA) is 90.4 Å². The largest absolute Gasteiger partial charge is 0.493 e. The van der Waals surface area contributed by atoms with Crippen molar-refractivity contribution in [3.05, 3.63) is 46.7 Å². The minimum absolute atomic E-state index is 0.0783. The smallest absolute Gasteiger partial charge is 0.222 e. The number of aromatic nitrogens is 2. The van der Waals surface area contributed by atoms with E-state index in [0.717, 1.165) is 24.1 Å². The quantitative estimate of drug-likeness (QED) is 0.694. The average Bonchev–Trinajstić information content (AvgIpc) is 3.02. The zero-order chi connectivity index (χ0) is 21.7. The number of hydrogen-bond donors (Lipinski definition) is 1. The number of ether oxygens (including phenoxy) is 1. The van der Waals surface area contributed by atoms with Crippen LogP contribution in [-0.2, 0) is 23.1 Å². The first-order chi connectivity index (χ1) is 14.3. The number of carbonyl (C=O) groups is 2. The average molecular weight is 433 g/mol. The molecule has 2 aromatic rings. The standard InChI is InChI=1S/C22H29ClN4O3/c1-16-17(13-25-26(16)2)7-8-21(29)27-10-4-9-22(14-27,12-20(24)28)15-30-19-6-3-5-18(23)11-19/h3,5-6,11,13H,4,7-10,12,14-15H2,1-2H3,(H2,24,28). The van der Waals surface area contributed by atoms with Crippen molar-refractivity contribution in [2.75, 3.05) is 19.7 Å². The van der Waals surface area contributed by atoms with E-state index >= 15 is 0 Å². The van der Waals surface area contributed by atoms with Crippen LogP contribution in [0.15, 0.2) is 30.5 Å². The lowest BCUT2D eigenvalue weighted by Gasteiger charge is -2.42. The number of halogens is 1. The maximum atomic E-state index is 12.9. The van der Waals surface area contributed by atoms with Crippen molar-refractivity contribution in [3.8, 4) is 5.75 Å². The van der Waals surface area contributed by atoms with Crippen LogP contribution >= 0.6 is 11.6 Å². The lowest BCUT2D eigenvalue weighted by molar-refractivity contribution is -0.137. The molecule has 8 heteroatoms. The zero-order valence-corrected chi connectivity index (χ0v) is 18.3. The van der Waals surface area contributed by atoms with E-state index in [1.807, 2.05) is 41.9 Å². The van der Waals surface area contributed by atoms with Gasteiger partial charge in [0.1, 0.15) is 5.75 Å². The van der Waals surface area contributed by atoms with Gasteiger partial charge in [0, 0.05) is 49.1 Å². The molecule has 30 heavy (non-hydrogen) atoms. The molecule has 0 spiro atoms. The third-order valence-corrected chi connectivity index (χ3v) is 6.08. The van der Waals surface area contributed by atoms with Crippen molar-refractivity contribution < 1.29 is 14.3 Å². The van der Waals surface area contributed by atoms with Crippen molar-refractivity contribution in [3.63, 3.8) is 0 Å². The number of amides is 2.